The number of hydrogen-bond donors (Lipinski definition) is 2. The molecule has 0 spiro atoms. The second kappa shape index (κ2) is 12.9. The summed E-state index contributed by atoms with van der Waals surface area (Å²) in [7, 11) is 3.11. The molecule has 2 heterocycles. The van der Waals surface area contributed by atoms with Crippen LogP contribution in [0.4, 0.5) is 5.69 Å². The number of rotatable bonds is 12. The van der Waals surface area contributed by atoms with E-state index in [0.717, 1.165) is 5.56 Å². The summed E-state index contributed by atoms with van der Waals surface area (Å²) in [6, 6.07) is 10.8. The van der Waals surface area contributed by atoms with Crippen molar-refractivity contribution >= 4 is 29.2 Å². The predicted octanol–water partition coefficient (Wildman–Crippen LogP) is 4.50. The molecule has 0 radical (unpaired) electrons. The Bertz CT molecular complexity index is 1390. The third-order valence-corrected chi connectivity index (χ3v) is 7.30. The number of amides is 1. The number of carboxylic acid groups (broad SMARTS) is 1. The minimum absolute atomic E-state index is 0.0103. The van der Waals surface area contributed by atoms with Crippen LogP contribution in [0.1, 0.15) is 49.5 Å². The molecule has 1 aliphatic heterocycles. The van der Waals surface area contributed by atoms with Crippen LogP contribution in [0.3, 0.4) is 0 Å². The minimum Gasteiger partial charge on any atom is -0.493 e. The van der Waals surface area contributed by atoms with Gasteiger partial charge in [0.1, 0.15) is 12.2 Å². The number of carbonyl (C=O) groups excluding carboxylic acids is 1. The summed E-state index contributed by atoms with van der Waals surface area (Å²) >= 11 is 6.48. The van der Waals surface area contributed by atoms with Gasteiger partial charge in [-0.05, 0) is 36.2 Å². The van der Waals surface area contributed by atoms with Crippen molar-refractivity contribution < 1.29 is 34.0 Å². The lowest BCUT2D eigenvalue weighted by Crippen LogP contribution is -2.45. The first-order valence-corrected chi connectivity index (χ1v) is 13.8. The summed E-state index contributed by atoms with van der Waals surface area (Å²) in [6.45, 7) is 4.27. The van der Waals surface area contributed by atoms with Crippen LogP contribution in [-0.2, 0) is 27.3 Å². The average Bonchev–Trinajstić information content (AvgIpc) is 3.38. The standard InChI is InChI=1S/C30H36ClN3O7/c1-30(2,18-35)17-34-23-10-9-20(31)14-22(23)27(21-6-5-7-24(39-3)28(21)40-4)41-25(29(34)38)12-13-33-16-19(15-32-33)8-11-26(36)37/h5-7,9-10,14-16,25,27,35H,8,11-13,17-18H2,1-4H3,(H,36,37)/t25-,27-/m1/s1. The first-order chi connectivity index (χ1) is 19.6. The lowest BCUT2D eigenvalue weighted by atomic mass is 9.92. The largest absolute Gasteiger partial charge is 0.493 e. The van der Waals surface area contributed by atoms with E-state index >= 15 is 0 Å². The van der Waals surface area contributed by atoms with Crippen LogP contribution in [0.25, 0.3) is 0 Å². The van der Waals surface area contributed by atoms with Crippen molar-refractivity contribution in [3.05, 3.63) is 70.5 Å². The lowest BCUT2D eigenvalue weighted by molar-refractivity contribution is -0.137. The molecule has 0 aliphatic carbocycles. The van der Waals surface area contributed by atoms with Crippen LogP contribution < -0.4 is 14.4 Å². The van der Waals surface area contributed by atoms with Crippen LogP contribution in [0, 0.1) is 5.41 Å². The molecule has 2 aromatic carbocycles. The van der Waals surface area contributed by atoms with Crippen molar-refractivity contribution in [3.8, 4) is 11.5 Å². The Morgan fingerprint density at radius 2 is 1.95 bits per heavy atom. The number of nitrogens with zero attached hydrogens (tertiary/aromatic N) is 3. The van der Waals surface area contributed by atoms with Gasteiger partial charge in [-0.25, -0.2) is 0 Å². The fourth-order valence-corrected chi connectivity index (χ4v) is 5.10. The molecule has 4 rings (SSSR count). The number of para-hydroxylation sites is 1. The number of aliphatic carboxylic acids is 1. The third-order valence-electron chi connectivity index (χ3n) is 7.07. The SMILES string of the molecule is COc1cccc([C@H]2O[C@H](CCn3cc(CCC(=O)O)cn3)C(=O)N(CC(C)(C)CO)c3ccc(Cl)cc32)c1OC. The van der Waals surface area contributed by atoms with E-state index < -0.39 is 23.6 Å². The van der Waals surface area contributed by atoms with Crippen LogP contribution in [-0.4, -0.2) is 65.3 Å². The van der Waals surface area contributed by atoms with Gasteiger partial charge in [0.25, 0.3) is 5.91 Å². The van der Waals surface area contributed by atoms with Crippen LogP contribution >= 0.6 is 11.6 Å². The highest BCUT2D eigenvalue weighted by molar-refractivity contribution is 6.30. The van der Waals surface area contributed by atoms with Crippen molar-refractivity contribution in [1.29, 1.82) is 0 Å². The number of aliphatic hydroxyl groups is 1. The molecule has 1 aliphatic rings. The monoisotopic (exact) mass is 585 g/mol. The Labute approximate surface area is 244 Å². The number of aryl methyl sites for hydroxylation is 2. The van der Waals surface area contributed by atoms with E-state index in [9.17, 15) is 14.7 Å². The van der Waals surface area contributed by atoms with E-state index in [1.54, 1.807) is 60.5 Å². The van der Waals surface area contributed by atoms with Crippen LogP contribution in [0.15, 0.2) is 48.8 Å². The molecule has 2 N–H and O–H groups in total. The van der Waals surface area contributed by atoms with Gasteiger partial charge < -0.3 is 29.3 Å². The minimum atomic E-state index is -0.886. The van der Waals surface area contributed by atoms with Gasteiger partial charge in [0.2, 0.25) is 0 Å². The van der Waals surface area contributed by atoms with Crippen molar-refractivity contribution in [1.82, 2.24) is 9.78 Å². The molecule has 2 atom stereocenters. The zero-order valence-electron chi connectivity index (χ0n) is 23.7. The number of halogens is 1. The molecular weight excluding hydrogens is 550 g/mol. The van der Waals surface area contributed by atoms with Gasteiger partial charge in [0.05, 0.1) is 20.4 Å². The Morgan fingerprint density at radius 1 is 1.17 bits per heavy atom. The Hall–Kier alpha value is -3.60. The lowest BCUT2D eigenvalue weighted by Gasteiger charge is -2.32. The predicted molar refractivity (Wildman–Crippen MR) is 154 cm³/mol. The highest BCUT2D eigenvalue weighted by Crippen LogP contribution is 2.45. The smallest absolute Gasteiger partial charge is 0.303 e. The number of carbonyl (C=O) groups is 2. The van der Waals surface area contributed by atoms with E-state index in [0.29, 0.717) is 52.7 Å². The summed E-state index contributed by atoms with van der Waals surface area (Å²) in [5.41, 5.74) is 2.20. The third kappa shape index (κ3) is 7.01. The number of anilines is 1. The molecular formula is C30H36ClN3O7. The topological polar surface area (TPSA) is 123 Å². The van der Waals surface area contributed by atoms with Gasteiger partial charge in [-0.15, -0.1) is 0 Å². The van der Waals surface area contributed by atoms with Crippen molar-refractivity contribution in [2.75, 3.05) is 32.3 Å². The molecule has 220 valence electrons. The average molecular weight is 586 g/mol. The van der Waals surface area contributed by atoms with Crippen molar-refractivity contribution in [2.45, 2.75) is 51.9 Å². The fourth-order valence-electron chi connectivity index (χ4n) is 4.92. The maximum absolute atomic E-state index is 14.2. The molecule has 41 heavy (non-hydrogen) atoms. The number of hydrogen-bond acceptors (Lipinski definition) is 7. The summed E-state index contributed by atoms with van der Waals surface area (Å²) in [5.74, 6) is -0.123. The molecule has 10 nitrogen and oxygen atoms in total. The van der Waals surface area contributed by atoms with E-state index in [1.165, 1.54) is 0 Å². The van der Waals surface area contributed by atoms with Crippen LogP contribution in [0.5, 0.6) is 11.5 Å². The molecule has 0 fully saturated rings. The van der Waals surface area contributed by atoms with Crippen molar-refractivity contribution in [2.24, 2.45) is 5.41 Å². The van der Waals surface area contributed by atoms with Gasteiger partial charge in [-0.1, -0.05) is 37.6 Å². The number of benzene rings is 2. The maximum atomic E-state index is 14.2. The molecule has 1 aromatic heterocycles. The van der Waals surface area contributed by atoms with E-state index in [-0.39, 0.29) is 25.5 Å². The molecule has 3 aromatic rings. The summed E-state index contributed by atoms with van der Waals surface area (Å²) in [5, 5.41) is 23.9. The van der Waals surface area contributed by atoms with E-state index in [1.807, 2.05) is 26.0 Å². The first kappa shape index (κ1) is 30.4. The molecule has 0 bridgehead atoms. The zero-order chi connectivity index (χ0) is 29.7. The van der Waals surface area contributed by atoms with E-state index in [2.05, 4.69) is 5.10 Å². The highest BCUT2D eigenvalue weighted by Gasteiger charge is 2.39. The normalized spacial score (nSPS) is 17.2. The Kier molecular flexibility index (Phi) is 9.57. The van der Waals surface area contributed by atoms with Gasteiger partial charge in [-0.2, -0.15) is 5.10 Å². The number of aromatic nitrogens is 2. The second-order valence-corrected chi connectivity index (χ2v) is 11.3. The van der Waals surface area contributed by atoms with Gasteiger partial charge in [0, 0.05) is 66.0 Å². The summed E-state index contributed by atoms with van der Waals surface area (Å²) in [6.07, 6.45) is 2.48. The van der Waals surface area contributed by atoms with Gasteiger partial charge in [0.15, 0.2) is 11.5 Å². The van der Waals surface area contributed by atoms with Gasteiger partial charge in [-0.3, -0.25) is 14.3 Å². The zero-order valence-corrected chi connectivity index (χ0v) is 24.4. The van der Waals surface area contributed by atoms with Crippen molar-refractivity contribution in [3.63, 3.8) is 0 Å². The molecule has 0 unspecified atom stereocenters. The number of ether oxygens (including phenoxy) is 3. The second-order valence-electron chi connectivity index (χ2n) is 10.8. The molecule has 0 saturated heterocycles. The van der Waals surface area contributed by atoms with E-state index in [4.69, 9.17) is 30.9 Å². The number of fused-ring (bicyclic) bond motifs is 1. The summed E-state index contributed by atoms with van der Waals surface area (Å²) < 4.78 is 19.6. The number of aliphatic hydroxyl groups excluding tert-OH is 1. The molecule has 0 saturated carbocycles. The fraction of sp³-hybridized carbons (Fsp3) is 0.433. The molecule has 11 heteroatoms. The quantitative estimate of drug-likeness (QED) is 0.318. The Balaban J connectivity index is 1.76. The number of carboxylic acids is 1. The number of methoxy groups -OCH3 is 2. The molecule has 1 amide bonds. The Morgan fingerprint density at radius 3 is 2.63 bits per heavy atom. The summed E-state index contributed by atoms with van der Waals surface area (Å²) in [4.78, 5) is 26.8. The van der Waals surface area contributed by atoms with Gasteiger partial charge >= 0.3 is 5.97 Å². The highest BCUT2D eigenvalue weighted by atomic mass is 35.5. The maximum Gasteiger partial charge on any atom is 0.303 e. The first-order valence-electron chi connectivity index (χ1n) is 13.4. The van der Waals surface area contributed by atoms with Crippen LogP contribution in [0.2, 0.25) is 5.02 Å².